The Bertz CT molecular complexity index is 294. The van der Waals surface area contributed by atoms with Gasteiger partial charge < -0.3 is 14.9 Å². The first kappa shape index (κ1) is 25.4. The van der Waals surface area contributed by atoms with Gasteiger partial charge in [-0.25, -0.2) is 0 Å². The van der Waals surface area contributed by atoms with Gasteiger partial charge >= 0.3 is 5.97 Å². The van der Waals surface area contributed by atoms with E-state index < -0.39 is 0 Å². The standard InChI is InChI=1S/C21H43NO4/c1-2-3-4-5-6-10-13-20-26-21(25)14-11-8-7-9-12-15-22(16-18-23)17-19-24/h23-24H,2-20H2,1H3. The predicted octanol–water partition coefficient (Wildman–Crippen LogP) is 3.91. The number of ether oxygens (including phenoxy) is 1. The molecule has 0 spiro atoms. The van der Waals surface area contributed by atoms with E-state index in [4.69, 9.17) is 14.9 Å². The van der Waals surface area contributed by atoms with Crippen molar-refractivity contribution < 1.29 is 19.7 Å². The van der Waals surface area contributed by atoms with E-state index in [0.29, 0.717) is 26.1 Å². The SMILES string of the molecule is CCCCCCCCCOC(=O)CCCCCCCN(CCO)CCO. The van der Waals surface area contributed by atoms with Gasteiger partial charge in [-0.1, -0.05) is 64.7 Å². The van der Waals surface area contributed by atoms with Gasteiger partial charge in [0.15, 0.2) is 0 Å². The fraction of sp³-hybridized carbons (Fsp3) is 0.952. The van der Waals surface area contributed by atoms with Crippen molar-refractivity contribution in [3.05, 3.63) is 0 Å². The molecule has 0 aliphatic rings. The maximum absolute atomic E-state index is 11.7. The minimum absolute atomic E-state index is 0.0481. The molecule has 0 aromatic carbocycles. The predicted molar refractivity (Wildman–Crippen MR) is 107 cm³/mol. The average Bonchev–Trinajstić information content (AvgIpc) is 2.63. The summed E-state index contributed by atoms with van der Waals surface area (Å²) in [6, 6.07) is 0. The summed E-state index contributed by atoms with van der Waals surface area (Å²) in [5, 5.41) is 17.9. The smallest absolute Gasteiger partial charge is 0.305 e. The number of esters is 1. The van der Waals surface area contributed by atoms with Crippen molar-refractivity contribution in [3.8, 4) is 0 Å². The highest BCUT2D eigenvalue weighted by atomic mass is 16.5. The quantitative estimate of drug-likeness (QED) is 0.250. The van der Waals surface area contributed by atoms with Crippen LogP contribution >= 0.6 is 0 Å². The Labute approximate surface area is 161 Å². The molecule has 2 N–H and O–H groups in total. The van der Waals surface area contributed by atoms with E-state index in [-0.39, 0.29) is 19.2 Å². The lowest BCUT2D eigenvalue weighted by Crippen LogP contribution is -2.30. The number of aliphatic hydroxyl groups is 2. The molecule has 0 aromatic heterocycles. The van der Waals surface area contributed by atoms with Gasteiger partial charge in [0.25, 0.3) is 0 Å². The van der Waals surface area contributed by atoms with Crippen molar-refractivity contribution in [1.82, 2.24) is 4.90 Å². The Morgan fingerprint density at radius 3 is 1.88 bits per heavy atom. The van der Waals surface area contributed by atoms with Crippen LogP contribution in [0.25, 0.3) is 0 Å². The lowest BCUT2D eigenvalue weighted by molar-refractivity contribution is -0.143. The van der Waals surface area contributed by atoms with Gasteiger partial charge in [-0.2, -0.15) is 0 Å². The highest BCUT2D eigenvalue weighted by Crippen LogP contribution is 2.09. The summed E-state index contributed by atoms with van der Waals surface area (Å²) in [5.41, 5.74) is 0. The number of nitrogens with zero attached hydrogens (tertiary/aromatic N) is 1. The van der Waals surface area contributed by atoms with Crippen LogP contribution in [0.15, 0.2) is 0 Å². The highest BCUT2D eigenvalue weighted by molar-refractivity contribution is 5.69. The van der Waals surface area contributed by atoms with Gasteiger partial charge in [0.2, 0.25) is 0 Å². The van der Waals surface area contributed by atoms with Crippen molar-refractivity contribution in [2.75, 3.05) is 39.5 Å². The third kappa shape index (κ3) is 18.2. The second kappa shape index (κ2) is 20.7. The Kier molecular flexibility index (Phi) is 20.1. The lowest BCUT2D eigenvalue weighted by Gasteiger charge is -2.19. The zero-order valence-corrected chi connectivity index (χ0v) is 17.1. The van der Waals surface area contributed by atoms with Crippen LogP contribution in [-0.2, 0) is 9.53 Å². The number of aliphatic hydroxyl groups excluding tert-OH is 2. The molecule has 0 unspecified atom stereocenters. The molecule has 26 heavy (non-hydrogen) atoms. The Morgan fingerprint density at radius 2 is 1.27 bits per heavy atom. The minimum Gasteiger partial charge on any atom is -0.466 e. The Hall–Kier alpha value is -0.650. The summed E-state index contributed by atoms with van der Waals surface area (Å²) >= 11 is 0. The molecule has 0 fully saturated rings. The van der Waals surface area contributed by atoms with Gasteiger partial charge in [0, 0.05) is 19.5 Å². The fourth-order valence-corrected chi connectivity index (χ4v) is 3.07. The van der Waals surface area contributed by atoms with Crippen molar-refractivity contribution in [2.45, 2.75) is 90.4 Å². The van der Waals surface area contributed by atoms with Gasteiger partial charge in [-0.05, 0) is 25.8 Å². The monoisotopic (exact) mass is 373 g/mol. The number of carbonyl (C=O) groups is 1. The average molecular weight is 374 g/mol. The third-order valence-electron chi connectivity index (χ3n) is 4.70. The first-order valence-electron chi connectivity index (χ1n) is 10.8. The first-order chi connectivity index (χ1) is 12.7. The summed E-state index contributed by atoms with van der Waals surface area (Å²) in [6.45, 7) is 5.27. The Balaban J connectivity index is 3.33. The molecular weight excluding hydrogens is 330 g/mol. The maximum Gasteiger partial charge on any atom is 0.305 e. The van der Waals surface area contributed by atoms with Crippen LogP contribution in [-0.4, -0.2) is 60.5 Å². The summed E-state index contributed by atoms with van der Waals surface area (Å²) < 4.78 is 5.29. The van der Waals surface area contributed by atoms with Crippen molar-refractivity contribution in [2.24, 2.45) is 0 Å². The van der Waals surface area contributed by atoms with Crippen LogP contribution in [0.4, 0.5) is 0 Å². The van der Waals surface area contributed by atoms with Gasteiger partial charge in [-0.3, -0.25) is 9.69 Å². The minimum atomic E-state index is -0.0481. The van der Waals surface area contributed by atoms with Crippen LogP contribution < -0.4 is 0 Å². The normalized spacial score (nSPS) is 11.2. The molecule has 156 valence electrons. The molecule has 0 amide bonds. The maximum atomic E-state index is 11.7. The molecule has 5 nitrogen and oxygen atoms in total. The second-order valence-electron chi connectivity index (χ2n) is 7.15. The molecule has 0 saturated heterocycles. The summed E-state index contributed by atoms with van der Waals surface area (Å²) in [7, 11) is 0. The van der Waals surface area contributed by atoms with Crippen LogP contribution in [0.5, 0.6) is 0 Å². The summed E-state index contributed by atoms with van der Waals surface area (Å²) in [5.74, 6) is -0.0481. The van der Waals surface area contributed by atoms with Crippen LogP contribution in [0.3, 0.4) is 0 Å². The van der Waals surface area contributed by atoms with Crippen LogP contribution in [0.2, 0.25) is 0 Å². The lowest BCUT2D eigenvalue weighted by atomic mass is 10.1. The number of hydrogen-bond acceptors (Lipinski definition) is 5. The molecule has 5 heteroatoms. The number of rotatable bonds is 20. The van der Waals surface area contributed by atoms with Crippen molar-refractivity contribution in [1.29, 1.82) is 0 Å². The molecule has 0 aliphatic carbocycles. The van der Waals surface area contributed by atoms with Crippen LogP contribution in [0, 0.1) is 0 Å². The van der Waals surface area contributed by atoms with E-state index >= 15 is 0 Å². The molecule has 0 atom stereocenters. The van der Waals surface area contributed by atoms with Gasteiger partial charge in [-0.15, -0.1) is 0 Å². The molecule has 0 saturated carbocycles. The summed E-state index contributed by atoms with van der Waals surface area (Å²) in [4.78, 5) is 13.7. The third-order valence-corrected chi connectivity index (χ3v) is 4.70. The fourth-order valence-electron chi connectivity index (χ4n) is 3.07. The highest BCUT2D eigenvalue weighted by Gasteiger charge is 2.04. The van der Waals surface area contributed by atoms with Gasteiger partial charge in [0.1, 0.15) is 0 Å². The topological polar surface area (TPSA) is 70.0 Å². The van der Waals surface area contributed by atoms with E-state index in [1.807, 2.05) is 0 Å². The van der Waals surface area contributed by atoms with E-state index in [1.165, 1.54) is 38.5 Å². The zero-order valence-electron chi connectivity index (χ0n) is 17.1. The van der Waals surface area contributed by atoms with E-state index in [0.717, 1.165) is 45.1 Å². The molecule has 0 aromatic rings. The van der Waals surface area contributed by atoms with E-state index in [2.05, 4.69) is 11.8 Å². The second-order valence-corrected chi connectivity index (χ2v) is 7.15. The molecular formula is C21H43NO4. The van der Waals surface area contributed by atoms with Crippen LogP contribution in [0.1, 0.15) is 90.4 Å². The Morgan fingerprint density at radius 1 is 0.731 bits per heavy atom. The van der Waals surface area contributed by atoms with E-state index in [1.54, 1.807) is 0 Å². The molecule has 0 rings (SSSR count). The summed E-state index contributed by atoms with van der Waals surface area (Å²) in [6.07, 6.45) is 14.5. The first-order valence-corrected chi connectivity index (χ1v) is 10.8. The van der Waals surface area contributed by atoms with Gasteiger partial charge in [0.05, 0.1) is 19.8 Å². The molecule has 0 aliphatic heterocycles. The number of unbranched alkanes of at least 4 members (excludes halogenated alkanes) is 10. The molecule has 0 radical (unpaired) electrons. The number of hydrogen-bond donors (Lipinski definition) is 2. The largest absolute Gasteiger partial charge is 0.466 e. The molecule has 0 heterocycles. The van der Waals surface area contributed by atoms with Crippen molar-refractivity contribution in [3.63, 3.8) is 0 Å². The molecule has 0 bridgehead atoms. The van der Waals surface area contributed by atoms with Crippen molar-refractivity contribution >= 4 is 5.97 Å². The number of carbonyl (C=O) groups excluding carboxylic acids is 1. The van der Waals surface area contributed by atoms with E-state index in [9.17, 15) is 4.79 Å². The zero-order chi connectivity index (χ0) is 19.3.